The van der Waals surface area contributed by atoms with Gasteiger partial charge in [-0.3, -0.25) is 0 Å². The molecule has 7 heteroatoms. The number of halogens is 2. The van der Waals surface area contributed by atoms with Gasteiger partial charge >= 0.3 is 0 Å². The monoisotopic (exact) mass is 428 g/mol. The molecule has 128 valence electrons. The maximum atomic E-state index is 13.3. The number of nitrogens with zero attached hydrogens (tertiary/aromatic N) is 2. The number of benzene rings is 2. The Morgan fingerprint density at radius 1 is 1.12 bits per heavy atom. The first kappa shape index (κ1) is 17.9. The van der Waals surface area contributed by atoms with E-state index in [1.54, 1.807) is 22.5 Å². The summed E-state index contributed by atoms with van der Waals surface area (Å²) in [6.45, 7) is 1.77. The predicted octanol–water partition coefficient (Wildman–Crippen LogP) is 3.78. The molecule has 2 aromatic rings. The molecule has 2 aromatic carbocycles. The van der Waals surface area contributed by atoms with Crippen LogP contribution in [0.5, 0.6) is 0 Å². The summed E-state index contributed by atoms with van der Waals surface area (Å²) in [5.74, 6) is 0. The summed E-state index contributed by atoms with van der Waals surface area (Å²) in [5.41, 5.74) is 0.985. The molecule has 0 radical (unpaired) electrons. The van der Waals surface area contributed by atoms with Gasteiger partial charge in [0.15, 0.2) is 0 Å². The Kier molecular flexibility index (Phi) is 5.32. The molecule has 0 amide bonds. The van der Waals surface area contributed by atoms with Gasteiger partial charge in [-0.1, -0.05) is 57.9 Å². The van der Waals surface area contributed by atoms with Gasteiger partial charge in [-0.15, -0.1) is 0 Å². The Morgan fingerprint density at radius 2 is 1.83 bits per heavy atom. The van der Waals surface area contributed by atoms with E-state index >= 15 is 0 Å². The van der Waals surface area contributed by atoms with Crippen molar-refractivity contribution in [3.63, 3.8) is 0 Å². The molecule has 24 heavy (non-hydrogen) atoms. The number of rotatable bonds is 3. The van der Waals surface area contributed by atoms with Gasteiger partial charge in [0.2, 0.25) is 10.0 Å². The lowest BCUT2D eigenvalue weighted by Crippen LogP contribution is -2.49. The second-order valence-electron chi connectivity index (χ2n) is 5.88. The largest absolute Gasteiger partial charge is 0.303 e. The number of sulfonamides is 1. The fourth-order valence-electron chi connectivity index (χ4n) is 2.94. The van der Waals surface area contributed by atoms with Crippen LogP contribution in [0, 0.1) is 0 Å². The lowest BCUT2D eigenvalue weighted by atomic mass is 10.1. The third-order valence-corrected chi connectivity index (χ3v) is 7.08. The van der Waals surface area contributed by atoms with Crippen molar-refractivity contribution in [3.8, 4) is 0 Å². The Balaban J connectivity index is 2.05. The van der Waals surface area contributed by atoms with Crippen LogP contribution < -0.4 is 0 Å². The summed E-state index contributed by atoms with van der Waals surface area (Å²) in [7, 11) is -1.69. The van der Waals surface area contributed by atoms with Crippen molar-refractivity contribution in [2.75, 3.05) is 26.7 Å². The number of hydrogen-bond donors (Lipinski definition) is 0. The highest BCUT2D eigenvalue weighted by atomic mass is 79.9. The van der Waals surface area contributed by atoms with E-state index in [0.29, 0.717) is 24.1 Å². The second kappa shape index (κ2) is 7.14. The third kappa shape index (κ3) is 3.53. The number of hydrogen-bond acceptors (Lipinski definition) is 3. The zero-order chi connectivity index (χ0) is 17.3. The molecule has 3 rings (SSSR count). The van der Waals surface area contributed by atoms with Crippen molar-refractivity contribution >= 4 is 37.6 Å². The maximum Gasteiger partial charge on any atom is 0.245 e. The summed E-state index contributed by atoms with van der Waals surface area (Å²) in [6.07, 6.45) is 0. The molecule has 1 saturated heterocycles. The molecule has 1 aliphatic rings. The third-order valence-electron chi connectivity index (χ3n) is 4.20. The second-order valence-corrected chi connectivity index (χ2v) is 9.06. The molecule has 4 nitrogen and oxygen atoms in total. The van der Waals surface area contributed by atoms with Gasteiger partial charge < -0.3 is 4.90 Å². The lowest BCUT2D eigenvalue weighted by molar-refractivity contribution is 0.160. The highest BCUT2D eigenvalue weighted by molar-refractivity contribution is 9.10. The van der Waals surface area contributed by atoms with E-state index in [2.05, 4.69) is 20.8 Å². The molecular weight excluding hydrogens is 412 g/mol. The van der Waals surface area contributed by atoms with Gasteiger partial charge in [0.1, 0.15) is 4.90 Å². The van der Waals surface area contributed by atoms with Crippen LogP contribution in [0.4, 0.5) is 0 Å². The molecular formula is C17H18BrClN2O2S. The van der Waals surface area contributed by atoms with E-state index in [1.165, 1.54) is 0 Å². The molecule has 1 unspecified atom stereocenters. The van der Waals surface area contributed by atoms with Gasteiger partial charge in [-0.05, 0) is 30.8 Å². The van der Waals surface area contributed by atoms with Crippen LogP contribution in [0.3, 0.4) is 0 Å². The Labute approximate surface area is 156 Å². The normalized spacial score (nSPS) is 20.2. The number of likely N-dealkylation sites (N-methyl/N-ethyl adjacent to an activating group) is 1. The molecule has 1 fully saturated rings. The zero-order valence-corrected chi connectivity index (χ0v) is 16.4. The quantitative estimate of drug-likeness (QED) is 0.745. The van der Waals surface area contributed by atoms with Crippen LogP contribution in [-0.4, -0.2) is 44.3 Å². The first-order chi connectivity index (χ1) is 11.4. The van der Waals surface area contributed by atoms with Gasteiger partial charge in [-0.2, -0.15) is 4.31 Å². The van der Waals surface area contributed by atoms with Crippen LogP contribution in [0.2, 0.25) is 5.02 Å². The molecule has 0 aliphatic carbocycles. The molecule has 0 N–H and O–H groups in total. The van der Waals surface area contributed by atoms with E-state index < -0.39 is 10.0 Å². The summed E-state index contributed by atoms with van der Waals surface area (Å²) < 4.78 is 28.8. The Bertz CT molecular complexity index is 830. The minimum Gasteiger partial charge on any atom is -0.303 e. The average Bonchev–Trinajstić information content (AvgIpc) is 2.57. The van der Waals surface area contributed by atoms with E-state index in [1.807, 2.05) is 37.4 Å². The van der Waals surface area contributed by atoms with Gasteiger partial charge in [0.05, 0.1) is 11.1 Å². The smallest absolute Gasteiger partial charge is 0.245 e. The van der Waals surface area contributed by atoms with Crippen LogP contribution in [0.1, 0.15) is 11.6 Å². The minimum absolute atomic E-state index is 0.143. The molecule has 0 bridgehead atoms. The van der Waals surface area contributed by atoms with E-state index in [9.17, 15) is 8.42 Å². The molecule has 1 heterocycles. The van der Waals surface area contributed by atoms with Crippen molar-refractivity contribution in [1.82, 2.24) is 9.21 Å². The van der Waals surface area contributed by atoms with E-state index in [4.69, 9.17) is 11.6 Å². The van der Waals surface area contributed by atoms with Crippen molar-refractivity contribution in [2.24, 2.45) is 0 Å². The fraction of sp³-hybridized carbons (Fsp3) is 0.294. The standard InChI is InChI=1S/C17H18BrClN2O2S/c1-20-9-10-21(16(12-20)13-5-3-2-4-6-13)24(22,23)17-11-14(18)7-8-15(17)19/h2-8,11,16H,9-10,12H2,1H3. The van der Waals surface area contributed by atoms with Gasteiger partial charge in [0.25, 0.3) is 0 Å². The van der Waals surface area contributed by atoms with Crippen molar-refractivity contribution in [2.45, 2.75) is 10.9 Å². The van der Waals surface area contributed by atoms with E-state index in [0.717, 1.165) is 5.56 Å². The highest BCUT2D eigenvalue weighted by Crippen LogP contribution is 2.34. The first-order valence-corrected chi connectivity index (χ1v) is 10.2. The molecule has 0 spiro atoms. The molecule has 1 aliphatic heterocycles. The van der Waals surface area contributed by atoms with Crippen LogP contribution in [0.15, 0.2) is 57.9 Å². The minimum atomic E-state index is -3.69. The molecule has 1 atom stereocenters. The fourth-order valence-corrected chi connectivity index (χ4v) is 5.55. The summed E-state index contributed by atoms with van der Waals surface area (Å²) >= 11 is 9.52. The zero-order valence-electron chi connectivity index (χ0n) is 13.2. The maximum absolute atomic E-state index is 13.3. The lowest BCUT2D eigenvalue weighted by Gasteiger charge is -2.39. The summed E-state index contributed by atoms with van der Waals surface area (Å²) in [6, 6.07) is 14.4. The average molecular weight is 430 g/mol. The van der Waals surface area contributed by atoms with Gasteiger partial charge in [-0.25, -0.2) is 8.42 Å². The van der Waals surface area contributed by atoms with E-state index in [-0.39, 0.29) is 16.0 Å². The van der Waals surface area contributed by atoms with Crippen molar-refractivity contribution in [3.05, 3.63) is 63.6 Å². The SMILES string of the molecule is CN1CCN(S(=O)(=O)c2cc(Br)ccc2Cl)C(c2ccccc2)C1. The van der Waals surface area contributed by atoms with Crippen LogP contribution >= 0.6 is 27.5 Å². The number of piperazine rings is 1. The summed E-state index contributed by atoms with van der Waals surface area (Å²) in [4.78, 5) is 2.29. The Hall–Kier alpha value is -0.920. The van der Waals surface area contributed by atoms with Crippen LogP contribution in [0.25, 0.3) is 0 Å². The molecule has 0 saturated carbocycles. The summed E-state index contributed by atoms with van der Waals surface area (Å²) in [5, 5.41) is 0.240. The predicted molar refractivity (Wildman–Crippen MR) is 99.7 cm³/mol. The van der Waals surface area contributed by atoms with Crippen molar-refractivity contribution in [1.29, 1.82) is 0 Å². The first-order valence-electron chi connectivity index (χ1n) is 7.60. The van der Waals surface area contributed by atoms with Crippen molar-refractivity contribution < 1.29 is 8.42 Å². The van der Waals surface area contributed by atoms with Gasteiger partial charge in [0, 0.05) is 24.1 Å². The molecule has 0 aromatic heterocycles. The van der Waals surface area contributed by atoms with Crippen LogP contribution in [-0.2, 0) is 10.0 Å². The topological polar surface area (TPSA) is 40.6 Å². The highest BCUT2D eigenvalue weighted by Gasteiger charge is 2.37. The Morgan fingerprint density at radius 3 is 2.54 bits per heavy atom.